The van der Waals surface area contributed by atoms with Gasteiger partial charge in [-0.3, -0.25) is 15.0 Å². The SMILES string of the molecule is CCOC(=O)C1=NN[C@H]2C(=O)N(c3ccccc3F)C(=O)[C@H]12. The number of benzene rings is 1. The lowest BCUT2D eigenvalue weighted by Crippen LogP contribution is -2.36. The summed E-state index contributed by atoms with van der Waals surface area (Å²) < 4.78 is 18.7. The van der Waals surface area contributed by atoms with E-state index in [9.17, 15) is 18.8 Å². The Bertz CT molecular complexity index is 703. The minimum atomic E-state index is -1.09. The van der Waals surface area contributed by atoms with Crippen molar-refractivity contribution in [3.8, 4) is 0 Å². The van der Waals surface area contributed by atoms with Crippen LogP contribution in [-0.2, 0) is 19.1 Å². The molecule has 2 amide bonds. The molecule has 0 saturated carbocycles. The van der Waals surface area contributed by atoms with Crippen LogP contribution in [0, 0.1) is 11.7 Å². The summed E-state index contributed by atoms with van der Waals surface area (Å²) in [6.45, 7) is 1.74. The highest BCUT2D eigenvalue weighted by Gasteiger charge is 2.56. The molecule has 2 atom stereocenters. The normalized spacial score (nSPS) is 23.2. The molecule has 1 saturated heterocycles. The average molecular weight is 305 g/mol. The Balaban J connectivity index is 1.95. The van der Waals surface area contributed by atoms with E-state index in [1.54, 1.807) is 6.92 Å². The van der Waals surface area contributed by atoms with E-state index in [-0.39, 0.29) is 18.0 Å². The molecule has 0 aliphatic carbocycles. The fourth-order valence-corrected chi connectivity index (χ4v) is 2.53. The van der Waals surface area contributed by atoms with Crippen molar-refractivity contribution >= 4 is 29.2 Å². The van der Waals surface area contributed by atoms with E-state index < -0.39 is 35.6 Å². The Kier molecular flexibility index (Phi) is 3.36. The molecule has 3 rings (SSSR count). The van der Waals surface area contributed by atoms with Gasteiger partial charge in [0.05, 0.1) is 12.3 Å². The molecule has 2 aliphatic rings. The number of carbonyl (C=O) groups is 3. The van der Waals surface area contributed by atoms with Gasteiger partial charge in [-0.1, -0.05) is 12.1 Å². The van der Waals surface area contributed by atoms with E-state index in [0.29, 0.717) is 0 Å². The van der Waals surface area contributed by atoms with E-state index in [0.717, 1.165) is 11.0 Å². The van der Waals surface area contributed by atoms with Gasteiger partial charge in [-0.25, -0.2) is 14.1 Å². The summed E-state index contributed by atoms with van der Waals surface area (Å²) in [5, 5.41) is 3.72. The van der Waals surface area contributed by atoms with Crippen LogP contribution in [0.5, 0.6) is 0 Å². The molecule has 2 aliphatic heterocycles. The van der Waals surface area contributed by atoms with Gasteiger partial charge in [0.2, 0.25) is 5.91 Å². The topological polar surface area (TPSA) is 88.1 Å². The molecule has 7 nitrogen and oxygen atoms in total. The van der Waals surface area contributed by atoms with Crippen molar-refractivity contribution in [2.24, 2.45) is 11.0 Å². The zero-order valence-electron chi connectivity index (χ0n) is 11.6. The lowest BCUT2D eigenvalue weighted by molar-refractivity contribution is -0.136. The summed E-state index contributed by atoms with van der Waals surface area (Å²) in [6, 6.07) is 4.44. The van der Waals surface area contributed by atoms with Crippen molar-refractivity contribution in [1.29, 1.82) is 0 Å². The molecule has 0 spiro atoms. The molecule has 2 heterocycles. The number of anilines is 1. The highest BCUT2D eigenvalue weighted by atomic mass is 19.1. The monoisotopic (exact) mass is 305 g/mol. The Morgan fingerprint density at radius 2 is 2.09 bits per heavy atom. The Labute approximate surface area is 124 Å². The van der Waals surface area contributed by atoms with E-state index in [1.807, 2.05) is 0 Å². The predicted molar refractivity (Wildman–Crippen MR) is 73.4 cm³/mol. The molecule has 1 aromatic rings. The van der Waals surface area contributed by atoms with Gasteiger partial charge >= 0.3 is 5.97 Å². The number of nitrogens with one attached hydrogen (secondary N) is 1. The quantitative estimate of drug-likeness (QED) is 0.637. The van der Waals surface area contributed by atoms with E-state index >= 15 is 0 Å². The van der Waals surface area contributed by atoms with Crippen LogP contribution in [0.15, 0.2) is 29.4 Å². The molecule has 22 heavy (non-hydrogen) atoms. The van der Waals surface area contributed by atoms with Gasteiger partial charge < -0.3 is 4.74 Å². The van der Waals surface area contributed by atoms with Crippen LogP contribution >= 0.6 is 0 Å². The standard InChI is InChI=1S/C14H12FN3O4/c1-2-22-14(21)11-9-10(16-17-11)13(20)18(12(9)19)8-6-4-3-5-7(8)15/h3-6,9-10,16H,2H2,1H3/t9-,10+/m0/s1. The maximum absolute atomic E-state index is 13.9. The van der Waals surface area contributed by atoms with Crippen LogP contribution in [0.1, 0.15) is 6.92 Å². The minimum Gasteiger partial charge on any atom is -0.461 e. The predicted octanol–water partition coefficient (Wildman–Crippen LogP) is 0.206. The lowest BCUT2D eigenvalue weighted by atomic mass is 9.99. The Morgan fingerprint density at radius 3 is 2.77 bits per heavy atom. The third-order valence-corrected chi connectivity index (χ3v) is 3.50. The largest absolute Gasteiger partial charge is 0.461 e. The molecule has 1 aromatic carbocycles. The Morgan fingerprint density at radius 1 is 1.36 bits per heavy atom. The van der Waals surface area contributed by atoms with Crippen molar-refractivity contribution in [2.45, 2.75) is 13.0 Å². The zero-order chi connectivity index (χ0) is 15.9. The lowest BCUT2D eigenvalue weighted by Gasteiger charge is -2.16. The minimum absolute atomic E-state index is 0.119. The summed E-state index contributed by atoms with van der Waals surface area (Å²) in [5.74, 6) is -3.90. The maximum Gasteiger partial charge on any atom is 0.355 e. The number of hydrogen-bond acceptors (Lipinski definition) is 6. The van der Waals surface area contributed by atoms with Gasteiger partial charge in [-0.2, -0.15) is 5.10 Å². The number of nitrogens with zero attached hydrogens (tertiary/aromatic N) is 2. The fraction of sp³-hybridized carbons (Fsp3) is 0.286. The summed E-state index contributed by atoms with van der Waals surface area (Å²) in [7, 11) is 0. The van der Waals surface area contributed by atoms with Crippen LogP contribution < -0.4 is 10.3 Å². The fourth-order valence-electron chi connectivity index (χ4n) is 2.53. The first-order chi connectivity index (χ1) is 10.6. The highest BCUT2D eigenvalue weighted by molar-refractivity contribution is 6.46. The molecule has 0 unspecified atom stereocenters. The van der Waals surface area contributed by atoms with Crippen molar-refractivity contribution in [1.82, 2.24) is 5.43 Å². The third kappa shape index (κ3) is 1.95. The third-order valence-electron chi connectivity index (χ3n) is 3.50. The number of carbonyl (C=O) groups excluding carboxylic acids is 3. The van der Waals surface area contributed by atoms with Crippen molar-refractivity contribution in [3.05, 3.63) is 30.1 Å². The van der Waals surface area contributed by atoms with Crippen LogP contribution in [0.3, 0.4) is 0 Å². The number of fused-ring (bicyclic) bond motifs is 1. The highest BCUT2D eigenvalue weighted by Crippen LogP contribution is 2.32. The van der Waals surface area contributed by atoms with Crippen molar-refractivity contribution in [3.63, 3.8) is 0 Å². The molecule has 1 fully saturated rings. The summed E-state index contributed by atoms with van der Waals surface area (Å²) in [6.07, 6.45) is 0. The second-order valence-corrected chi connectivity index (χ2v) is 4.77. The number of hydrazone groups is 1. The maximum atomic E-state index is 13.9. The van der Waals surface area contributed by atoms with Crippen LogP contribution in [0.25, 0.3) is 0 Å². The first-order valence-corrected chi connectivity index (χ1v) is 6.68. The molecule has 8 heteroatoms. The first-order valence-electron chi connectivity index (χ1n) is 6.68. The van der Waals surface area contributed by atoms with Crippen LogP contribution in [-0.4, -0.2) is 36.1 Å². The van der Waals surface area contributed by atoms with Gasteiger partial charge in [-0.15, -0.1) is 0 Å². The number of halogens is 1. The Hall–Kier alpha value is -2.77. The second kappa shape index (κ2) is 5.21. The van der Waals surface area contributed by atoms with Crippen molar-refractivity contribution < 1.29 is 23.5 Å². The van der Waals surface area contributed by atoms with Gasteiger partial charge in [0.1, 0.15) is 17.8 Å². The molecule has 0 aromatic heterocycles. The van der Waals surface area contributed by atoms with Crippen molar-refractivity contribution in [2.75, 3.05) is 11.5 Å². The van der Waals surface area contributed by atoms with Crippen LogP contribution in [0.2, 0.25) is 0 Å². The molecule has 0 bridgehead atoms. The molecular weight excluding hydrogens is 293 g/mol. The number of hydrogen-bond donors (Lipinski definition) is 1. The number of imide groups is 1. The van der Waals surface area contributed by atoms with E-state index in [4.69, 9.17) is 4.74 Å². The average Bonchev–Trinajstić information content (AvgIpc) is 3.02. The number of esters is 1. The van der Waals surface area contributed by atoms with Gasteiger partial charge in [0, 0.05) is 0 Å². The number of para-hydroxylation sites is 1. The summed E-state index contributed by atoms with van der Waals surface area (Å²) in [4.78, 5) is 37.3. The van der Waals surface area contributed by atoms with Gasteiger partial charge in [-0.05, 0) is 19.1 Å². The van der Waals surface area contributed by atoms with Gasteiger partial charge in [0.15, 0.2) is 5.71 Å². The number of rotatable bonds is 3. The summed E-state index contributed by atoms with van der Waals surface area (Å²) in [5.41, 5.74) is 2.16. The summed E-state index contributed by atoms with van der Waals surface area (Å²) >= 11 is 0. The molecule has 0 radical (unpaired) electrons. The molecular formula is C14H12FN3O4. The van der Waals surface area contributed by atoms with E-state index in [1.165, 1.54) is 18.2 Å². The van der Waals surface area contributed by atoms with Gasteiger partial charge in [0.25, 0.3) is 5.91 Å². The van der Waals surface area contributed by atoms with E-state index in [2.05, 4.69) is 10.5 Å². The zero-order valence-corrected chi connectivity index (χ0v) is 11.6. The number of amides is 2. The number of ether oxygens (including phenoxy) is 1. The first kappa shape index (κ1) is 14.2. The molecule has 1 N–H and O–H groups in total. The molecule has 114 valence electrons. The smallest absolute Gasteiger partial charge is 0.355 e. The van der Waals surface area contributed by atoms with Crippen LogP contribution in [0.4, 0.5) is 10.1 Å². The second-order valence-electron chi connectivity index (χ2n) is 4.77.